The second-order valence-corrected chi connectivity index (χ2v) is 4.55. The highest BCUT2D eigenvalue weighted by Gasteiger charge is 2.13. The number of rotatable bonds is 7. The van der Waals surface area contributed by atoms with Crippen LogP contribution < -0.4 is 11.1 Å². The summed E-state index contributed by atoms with van der Waals surface area (Å²) < 4.78 is 9.34. The third-order valence-electron chi connectivity index (χ3n) is 2.44. The van der Waals surface area contributed by atoms with E-state index in [2.05, 4.69) is 14.7 Å². The van der Waals surface area contributed by atoms with Crippen LogP contribution in [0.4, 0.5) is 10.8 Å². The molecule has 0 unspecified atom stereocenters. The number of ether oxygens (including phenoxy) is 1. The first-order valence-corrected chi connectivity index (χ1v) is 6.68. The Balaban J connectivity index is 2.02. The molecule has 0 aliphatic carbocycles. The number of hydrogen-bond acceptors (Lipinski definition) is 7. The van der Waals surface area contributed by atoms with E-state index in [1.807, 2.05) is 12.1 Å². The zero-order valence-corrected chi connectivity index (χ0v) is 11.2. The molecule has 0 saturated carbocycles. The van der Waals surface area contributed by atoms with Gasteiger partial charge >= 0.3 is 0 Å². The Labute approximate surface area is 115 Å². The fourth-order valence-electron chi connectivity index (χ4n) is 1.62. The van der Waals surface area contributed by atoms with Gasteiger partial charge in [0, 0.05) is 24.5 Å². The molecule has 4 N–H and O–H groups in total. The summed E-state index contributed by atoms with van der Waals surface area (Å²) in [6.07, 6.45) is 3.48. The van der Waals surface area contributed by atoms with Crippen LogP contribution in [0.25, 0.3) is 11.1 Å². The lowest BCUT2D eigenvalue weighted by molar-refractivity contribution is 0.0992. The van der Waals surface area contributed by atoms with Crippen molar-refractivity contribution in [3.8, 4) is 11.1 Å². The SMILES string of the molecule is Nc1nsc(NCCOCCO)c1-c1cccnc1. The molecule has 0 amide bonds. The second kappa shape index (κ2) is 7.03. The highest BCUT2D eigenvalue weighted by Crippen LogP contribution is 2.35. The second-order valence-electron chi connectivity index (χ2n) is 3.78. The third kappa shape index (κ3) is 3.63. The third-order valence-corrected chi connectivity index (χ3v) is 3.26. The molecular weight excluding hydrogens is 264 g/mol. The van der Waals surface area contributed by atoms with Crippen molar-refractivity contribution in [2.75, 3.05) is 37.4 Å². The van der Waals surface area contributed by atoms with Crippen molar-refractivity contribution in [2.45, 2.75) is 0 Å². The summed E-state index contributed by atoms with van der Waals surface area (Å²) >= 11 is 1.32. The zero-order chi connectivity index (χ0) is 13.5. The summed E-state index contributed by atoms with van der Waals surface area (Å²) in [5.74, 6) is 0.497. The first kappa shape index (κ1) is 13.7. The number of anilines is 2. The number of nitrogens with two attached hydrogens (primary N) is 1. The Morgan fingerprint density at radius 3 is 3.05 bits per heavy atom. The number of hydrogen-bond donors (Lipinski definition) is 3. The molecule has 0 radical (unpaired) electrons. The summed E-state index contributed by atoms with van der Waals surface area (Å²) in [6, 6.07) is 3.81. The van der Waals surface area contributed by atoms with Crippen molar-refractivity contribution in [1.29, 1.82) is 0 Å². The Hall–Kier alpha value is -1.70. The van der Waals surface area contributed by atoms with Crippen molar-refractivity contribution in [3.63, 3.8) is 0 Å². The summed E-state index contributed by atoms with van der Waals surface area (Å²) in [7, 11) is 0. The number of nitrogens with zero attached hydrogens (tertiary/aromatic N) is 2. The van der Waals surface area contributed by atoms with Crippen molar-refractivity contribution < 1.29 is 9.84 Å². The Morgan fingerprint density at radius 2 is 2.32 bits per heavy atom. The minimum Gasteiger partial charge on any atom is -0.394 e. The molecule has 2 heterocycles. The summed E-state index contributed by atoms with van der Waals surface area (Å²) in [4.78, 5) is 4.08. The van der Waals surface area contributed by atoms with Crippen molar-refractivity contribution in [2.24, 2.45) is 0 Å². The monoisotopic (exact) mass is 280 g/mol. The molecule has 0 atom stereocenters. The minimum atomic E-state index is 0.0362. The smallest absolute Gasteiger partial charge is 0.147 e. The van der Waals surface area contributed by atoms with Gasteiger partial charge in [-0.25, -0.2) is 0 Å². The van der Waals surface area contributed by atoms with Crippen LogP contribution in [-0.2, 0) is 4.74 Å². The predicted molar refractivity (Wildman–Crippen MR) is 76.2 cm³/mol. The number of aromatic nitrogens is 2. The summed E-state index contributed by atoms with van der Waals surface area (Å²) in [5, 5.41) is 12.7. The number of pyridine rings is 1. The maximum atomic E-state index is 8.60. The van der Waals surface area contributed by atoms with Crippen molar-refractivity contribution in [1.82, 2.24) is 9.36 Å². The Morgan fingerprint density at radius 1 is 1.42 bits per heavy atom. The van der Waals surface area contributed by atoms with Gasteiger partial charge in [0.1, 0.15) is 10.8 Å². The molecule has 2 aromatic heterocycles. The van der Waals surface area contributed by atoms with Crippen LogP contribution >= 0.6 is 11.5 Å². The maximum Gasteiger partial charge on any atom is 0.147 e. The fourth-order valence-corrected chi connectivity index (χ4v) is 2.38. The van der Waals surface area contributed by atoms with Gasteiger partial charge < -0.3 is 20.9 Å². The van der Waals surface area contributed by atoms with Gasteiger partial charge in [-0.2, -0.15) is 4.37 Å². The van der Waals surface area contributed by atoms with Gasteiger partial charge in [-0.1, -0.05) is 6.07 Å². The number of aliphatic hydroxyl groups is 1. The van der Waals surface area contributed by atoms with E-state index in [0.29, 0.717) is 25.6 Å². The molecule has 19 heavy (non-hydrogen) atoms. The van der Waals surface area contributed by atoms with Gasteiger partial charge in [-0.3, -0.25) is 4.98 Å². The minimum absolute atomic E-state index is 0.0362. The van der Waals surface area contributed by atoms with Gasteiger partial charge in [0.15, 0.2) is 0 Å². The zero-order valence-electron chi connectivity index (χ0n) is 10.4. The molecule has 2 rings (SSSR count). The van der Waals surface area contributed by atoms with Gasteiger partial charge in [-0.05, 0) is 17.6 Å². The number of nitrogen functional groups attached to an aromatic ring is 1. The van der Waals surface area contributed by atoms with Crippen LogP contribution in [0, 0.1) is 0 Å². The molecule has 0 fully saturated rings. The molecule has 102 valence electrons. The molecule has 0 saturated heterocycles. The van der Waals surface area contributed by atoms with E-state index in [1.165, 1.54) is 11.5 Å². The predicted octanol–water partition coefficient (Wildman–Crippen LogP) is 1.21. The Kier molecular flexibility index (Phi) is 5.08. The molecule has 2 aromatic rings. The summed E-state index contributed by atoms with van der Waals surface area (Å²) in [6.45, 7) is 1.54. The van der Waals surface area contributed by atoms with E-state index in [0.717, 1.165) is 16.1 Å². The first-order chi connectivity index (χ1) is 9.33. The van der Waals surface area contributed by atoms with Crippen LogP contribution in [0.15, 0.2) is 24.5 Å². The lowest BCUT2D eigenvalue weighted by Crippen LogP contribution is -2.11. The highest BCUT2D eigenvalue weighted by atomic mass is 32.1. The van der Waals surface area contributed by atoms with Crippen LogP contribution in [0.2, 0.25) is 0 Å². The topological polar surface area (TPSA) is 93.3 Å². The van der Waals surface area contributed by atoms with E-state index in [-0.39, 0.29) is 6.61 Å². The first-order valence-electron chi connectivity index (χ1n) is 5.91. The Bertz CT molecular complexity index is 504. The van der Waals surface area contributed by atoms with Crippen LogP contribution in [-0.4, -0.2) is 40.8 Å². The van der Waals surface area contributed by atoms with E-state index >= 15 is 0 Å². The van der Waals surface area contributed by atoms with Crippen LogP contribution in [0.5, 0.6) is 0 Å². The fraction of sp³-hybridized carbons (Fsp3) is 0.333. The van der Waals surface area contributed by atoms with E-state index in [1.54, 1.807) is 12.4 Å². The molecule has 0 spiro atoms. The van der Waals surface area contributed by atoms with Gasteiger partial charge in [0.2, 0.25) is 0 Å². The summed E-state index contributed by atoms with van der Waals surface area (Å²) in [5.41, 5.74) is 7.71. The molecule has 7 heteroatoms. The van der Waals surface area contributed by atoms with E-state index in [4.69, 9.17) is 15.6 Å². The van der Waals surface area contributed by atoms with Gasteiger partial charge in [0.25, 0.3) is 0 Å². The van der Waals surface area contributed by atoms with Crippen molar-refractivity contribution >= 4 is 22.4 Å². The van der Waals surface area contributed by atoms with Crippen LogP contribution in [0.1, 0.15) is 0 Å². The maximum absolute atomic E-state index is 8.60. The van der Waals surface area contributed by atoms with Crippen LogP contribution in [0.3, 0.4) is 0 Å². The molecule has 0 aliphatic heterocycles. The molecule has 6 nitrogen and oxygen atoms in total. The number of nitrogens with one attached hydrogen (secondary N) is 1. The molecule has 0 aliphatic rings. The standard InChI is InChI=1S/C12H16N4O2S/c13-11-10(9-2-1-3-14-8-9)12(19-16-11)15-4-6-18-7-5-17/h1-3,8,15,17H,4-7H2,(H2,13,16). The quantitative estimate of drug-likeness (QED) is 0.660. The lowest BCUT2D eigenvalue weighted by Gasteiger charge is -2.07. The molecular formula is C12H16N4O2S. The van der Waals surface area contributed by atoms with E-state index < -0.39 is 0 Å². The van der Waals surface area contributed by atoms with Gasteiger partial charge in [-0.15, -0.1) is 0 Å². The van der Waals surface area contributed by atoms with Crippen molar-refractivity contribution in [3.05, 3.63) is 24.5 Å². The number of aliphatic hydroxyl groups excluding tert-OH is 1. The largest absolute Gasteiger partial charge is 0.394 e. The van der Waals surface area contributed by atoms with E-state index in [9.17, 15) is 0 Å². The van der Waals surface area contributed by atoms with Gasteiger partial charge in [0.05, 0.1) is 25.4 Å². The average Bonchev–Trinajstić information content (AvgIpc) is 2.81. The molecule has 0 aromatic carbocycles. The molecule has 0 bridgehead atoms. The normalized spacial score (nSPS) is 10.6. The highest BCUT2D eigenvalue weighted by molar-refractivity contribution is 7.11. The lowest BCUT2D eigenvalue weighted by atomic mass is 10.1. The average molecular weight is 280 g/mol.